The molecule has 0 heterocycles. The molecule has 0 atom stereocenters. The maximum Gasteiger partial charge on any atom is 0.306 e. The monoisotopic (exact) mass is 480 g/mol. The molecule has 0 bridgehead atoms. The normalized spacial score (nSPS) is 10.3. The standard InChI is InChI=1S/C21H22BrClN2O4/c1-13-6-3-4-7-16(13)24-18(26)8-5-9-20(28)29-12-19(27)25-17-11-10-15(22)21(23)14(17)2/h3-4,6-7,10-11H,5,8-9,12H2,1-2H3,(H,24,26)(H,25,27). The number of esters is 1. The van der Waals surface area contributed by atoms with Crippen molar-refractivity contribution in [1.82, 2.24) is 0 Å². The van der Waals surface area contributed by atoms with Crippen molar-refractivity contribution < 1.29 is 19.1 Å². The van der Waals surface area contributed by atoms with Gasteiger partial charge in [-0.25, -0.2) is 0 Å². The van der Waals surface area contributed by atoms with E-state index >= 15 is 0 Å². The van der Waals surface area contributed by atoms with Gasteiger partial charge in [-0.3, -0.25) is 14.4 Å². The van der Waals surface area contributed by atoms with E-state index in [1.807, 2.05) is 31.2 Å². The summed E-state index contributed by atoms with van der Waals surface area (Å²) in [4.78, 5) is 35.7. The van der Waals surface area contributed by atoms with Crippen molar-refractivity contribution in [2.24, 2.45) is 0 Å². The third-order valence-electron chi connectivity index (χ3n) is 4.18. The van der Waals surface area contributed by atoms with Crippen LogP contribution in [0.2, 0.25) is 5.02 Å². The summed E-state index contributed by atoms with van der Waals surface area (Å²) >= 11 is 9.43. The molecule has 6 nitrogen and oxygen atoms in total. The first-order valence-corrected chi connectivity index (χ1v) is 10.2. The summed E-state index contributed by atoms with van der Waals surface area (Å²) in [5, 5.41) is 5.96. The van der Waals surface area contributed by atoms with Crippen LogP contribution in [0.25, 0.3) is 0 Å². The van der Waals surface area contributed by atoms with E-state index in [2.05, 4.69) is 26.6 Å². The Balaban J connectivity index is 1.69. The highest BCUT2D eigenvalue weighted by atomic mass is 79.9. The van der Waals surface area contributed by atoms with Gasteiger partial charge in [0.05, 0.1) is 5.02 Å². The highest BCUT2D eigenvalue weighted by molar-refractivity contribution is 9.10. The summed E-state index contributed by atoms with van der Waals surface area (Å²) in [5.74, 6) is -1.17. The maximum absolute atomic E-state index is 12.0. The fourth-order valence-corrected chi connectivity index (χ4v) is 3.11. The Bertz CT molecular complexity index is 918. The minimum Gasteiger partial charge on any atom is -0.456 e. The molecular formula is C21H22BrClN2O4. The number of amides is 2. The number of hydrogen-bond donors (Lipinski definition) is 2. The van der Waals surface area contributed by atoms with Crippen LogP contribution in [0.15, 0.2) is 40.9 Å². The van der Waals surface area contributed by atoms with E-state index in [9.17, 15) is 14.4 Å². The molecule has 0 unspecified atom stereocenters. The number of para-hydroxylation sites is 1. The molecule has 0 aliphatic rings. The van der Waals surface area contributed by atoms with Crippen LogP contribution in [0.3, 0.4) is 0 Å². The summed E-state index contributed by atoms with van der Waals surface area (Å²) in [6, 6.07) is 10.9. The van der Waals surface area contributed by atoms with Crippen molar-refractivity contribution in [2.45, 2.75) is 33.1 Å². The van der Waals surface area contributed by atoms with E-state index in [4.69, 9.17) is 16.3 Å². The van der Waals surface area contributed by atoms with E-state index in [1.54, 1.807) is 19.1 Å². The number of carbonyl (C=O) groups excluding carboxylic acids is 3. The molecule has 2 amide bonds. The van der Waals surface area contributed by atoms with Crippen LogP contribution in [-0.2, 0) is 19.1 Å². The van der Waals surface area contributed by atoms with Gasteiger partial charge < -0.3 is 15.4 Å². The van der Waals surface area contributed by atoms with Crippen LogP contribution in [-0.4, -0.2) is 24.4 Å². The molecule has 8 heteroatoms. The number of rotatable bonds is 8. The first-order chi connectivity index (χ1) is 13.8. The Kier molecular flexibility index (Phi) is 8.67. The third-order valence-corrected chi connectivity index (χ3v) is 5.56. The Morgan fingerprint density at radius 2 is 1.66 bits per heavy atom. The summed E-state index contributed by atoms with van der Waals surface area (Å²) < 4.78 is 5.69. The molecule has 0 saturated heterocycles. The number of aryl methyl sites for hydroxylation is 1. The Morgan fingerprint density at radius 1 is 0.966 bits per heavy atom. The second-order valence-electron chi connectivity index (χ2n) is 6.46. The maximum atomic E-state index is 12.0. The van der Waals surface area contributed by atoms with Crippen LogP contribution in [0.1, 0.15) is 30.4 Å². The molecule has 154 valence electrons. The Hall–Kier alpha value is -2.38. The molecule has 0 spiro atoms. The summed E-state index contributed by atoms with van der Waals surface area (Å²) in [6.07, 6.45) is 0.573. The lowest BCUT2D eigenvalue weighted by molar-refractivity contribution is -0.147. The molecule has 29 heavy (non-hydrogen) atoms. The fourth-order valence-electron chi connectivity index (χ4n) is 2.51. The SMILES string of the molecule is Cc1ccccc1NC(=O)CCCC(=O)OCC(=O)Nc1ccc(Br)c(Cl)c1C. The highest BCUT2D eigenvalue weighted by Crippen LogP contribution is 2.30. The van der Waals surface area contributed by atoms with E-state index in [0.29, 0.717) is 22.7 Å². The van der Waals surface area contributed by atoms with Gasteiger partial charge >= 0.3 is 5.97 Å². The fraction of sp³-hybridized carbons (Fsp3) is 0.286. The molecule has 2 aromatic carbocycles. The van der Waals surface area contributed by atoms with Crippen molar-refractivity contribution in [3.8, 4) is 0 Å². The Morgan fingerprint density at radius 3 is 2.38 bits per heavy atom. The van der Waals surface area contributed by atoms with Gasteiger partial charge in [0.25, 0.3) is 5.91 Å². The van der Waals surface area contributed by atoms with Crippen molar-refractivity contribution in [3.05, 3.63) is 57.0 Å². The lowest BCUT2D eigenvalue weighted by Crippen LogP contribution is -2.21. The largest absolute Gasteiger partial charge is 0.456 e. The molecule has 0 aromatic heterocycles. The minimum absolute atomic E-state index is 0.0532. The summed E-state index contributed by atoms with van der Waals surface area (Å²) in [6.45, 7) is 3.28. The first-order valence-electron chi connectivity index (χ1n) is 9.03. The van der Waals surface area contributed by atoms with Crippen molar-refractivity contribution >= 4 is 56.7 Å². The number of halogens is 2. The van der Waals surface area contributed by atoms with E-state index in [1.165, 1.54) is 0 Å². The number of ether oxygens (including phenoxy) is 1. The van der Waals surface area contributed by atoms with Crippen molar-refractivity contribution in [2.75, 3.05) is 17.2 Å². The number of hydrogen-bond acceptors (Lipinski definition) is 4. The zero-order valence-corrected chi connectivity index (χ0v) is 18.5. The van der Waals surface area contributed by atoms with Gasteiger partial charge in [-0.05, 0) is 65.5 Å². The number of benzene rings is 2. The van der Waals surface area contributed by atoms with Crippen LogP contribution < -0.4 is 10.6 Å². The molecule has 0 fully saturated rings. The predicted octanol–water partition coefficient (Wildman–Crippen LogP) is 5.01. The van der Waals surface area contributed by atoms with Crippen LogP contribution in [0.5, 0.6) is 0 Å². The lowest BCUT2D eigenvalue weighted by Gasteiger charge is -2.11. The zero-order valence-electron chi connectivity index (χ0n) is 16.2. The average molecular weight is 482 g/mol. The number of anilines is 2. The van der Waals surface area contributed by atoms with Gasteiger partial charge in [-0.2, -0.15) is 0 Å². The smallest absolute Gasteiger partial charge is 0.306 e. The number of nitrogens with one attached hydrogen (secondary N) is 2. The zero-order chi connectivity index (χ0) is 21.4. The second kappa shape index (κ2) is 11.0. The van der Waals surface area contributed by atoms with Crippen LogP contribution >= 0.6 is 27.5 Å². The van der Waals surface area contributed by atoms with E-state index < -0.39 is 18.5 Å². The quantitative estimate of drug-likeness (QED) is 0.519. The van der Waals surface area contributed by atoms with Gasteiger partial charge in [0.1, 0.15) is 0 Å². The van der Waals surface area contributed by atoms with Crippen LogP contribution in [0, 0.1) is 13.8 Å². The topological polar surface area (TPSA) is 84.5 Å². The lowest BCUT2D eigenvalue weighted by atomic mass is 10.2. The summed E-state index contributed by atoms with van der Waals surface area (Å²) in [5.41, 5.74) is 2.97. The van der Waals surface area contributed by atoms with Crippen LogP contribution in [0.4, 0.5) is 11.4 Å². The molecule has 0 aliphatic carbocycles. The summed E-state index contributed by atoms with van der Waals surface area (Å²) in [7, 11) is 0. The van der Waals surface area contributed by atoms with Gasteiger partial charge in [-0.1, -0.05) is 29.8 Å². The Labute approximate surface area is 183 Å². The van der Waals surface area contributed by atoms with Crippen molar-refractivity contribution in [3.63, 3.8) is 0 Å². The van der Waals surface area contributed by atoms with Gasteiger partial charge in [0, 0.05) is 28.7 Å². The molecular weight excluding hydrogens is 460 g/mol. The van der Waals surface area contributed by atoms with Gasteiger partial charge in [0.15, 0.2) is 6.61 Å². The molecule has 0 saturated carbocycles. The third kappa shape index (κ3) is 7.18. The predicted molar refractivity (Wildman–Crippen MR) is 117 cm³/mol. The molecule has 2 N–H and O–H groups in total. The molecule has 2 rings (SSSR count). The second-order valence-corrected chi connectivity index (χ2v) is 7.69. The highest BCUT2D eigenvalue weighted by Gasteiger charge is 2.12. The van der Waals surface area contributed by atoms with Crippen molar-refractivity contribution in [1.29, 1.82) is 0 Å². The molecule has 0 aliphatic heterocycles. The minimum atomic E-state index is -0.533. The molecule has 0 radical (unpaired) electrons. The average Bonchev–Trinajstić information content (AvgIpc) is 2.68. The van der Waals surface area contributed by atoms with E-state index in [0.717, 1.165) is 15.7 Å². The van der Waals surface area contributed by atoms with Gasteiger partial charge in [0.2, 0.25) is 5.91 Å². The molecule has 2 aromatic rings. The number of carbonyl (C=O) groups is 3. The first kappa shape index (κ1) is 22.9. The van der Waals surface area contributed by atoms with E-state index in [-0.39, 0.29) is 18.7 Å². The van der Waals surface area contributed by atoms with Gasteiger partial charge in [-0.15, -0.1) is 0 Å².